The van der Waals surface area contributed by atoms with E-state index in [9.17, 15) is 13.2 Å². The van der Waals surface area contributed by atoms with Gasteiger partial charge in [0, 0.05) is 6.42 Å². The van der Waals surface area contributed by atoms with Crippen LogP contribution in [0.5, 0.6) is 5.75 Å². The average molecular weight is 400 g/mol. The van der Waals surface area contributed by atoms with Crippen molar-refractivity contribution in [2.75, 3.05) is 12.9 Å². The Morgan fingerprint density at radius 2 is 1.96 bits per heavy atom. The predicted molar refractivity (Wildman–Crippen MR) is 107 cm³/mol. The summed E-state index contributed by atoms with van der Waals surface area (Å²) >= 11 is 0. The Morgan fingerprint density at radius 3 is 2.79 bits per heavy atom. The van der Waals surface area contributed by atoms with Crippen molar-refractivity contribution in [3.05, 3.63) is 58.7 Å². The minimum Gasteiger partial charge on any atom is -0.496 e. The van der Waals surface area contributed by atoms with Gasteiger partial charge in [-0.25, -0.2) is 8.42 Å². The van der Waals surface area contributed by atoms with Crippen LogP contribution in [0.4, 0.5) is 0 Å². The molecule has 1 unspecified atom stereocenters. The fourth-order valence-electron chi connectivity index (χ4n) is 4.32. The first-order valence-corrected chi connectivity index (χ1v) is 11.4. The van der Waals surface area contributed by atoms with Crippen LogP contribution < -0.4 is 10.1 Å². The summed E-state index contributed by atoms with van der Waals surface area (Å²) in [6.07, 6.45) is 4.65. The lowest BCUT2D eigenvalue weighted by molar-refractivity contribution is -0.121. The molecule has 2 aliphatic rings. The molecular formula is C22H25NO4S. The van der Waals surface area contributed by atoms with Crippen LogP contribution in [0.25, 0.3) is 0 Å². The third-order valence-electron chi connectivity index (χ3n) is 5.81. The summed E-state index contributed by atoms with van der Waals surface area (Å²) in [7, 11) is -1.82. The second-order valence-corrected chi connectivity index (χ2v) is 9.65. The Labute approximate surface area is 166 Å². The molecule has 1 atom stereocenters. The van der Waals surface area contributed by atoms with Gasteiger partial charge < -0.3 is 10.1 Å². The monoisotopic (exact) mass is 399 g/mol. The van der Waals surface area contributed by atoms with E-state index in [2.05, 4.69) is 5.32 Å². The normalized spacial score (nSPS) is 17.8. The molecule has 0 spiro atoms. The van der Waals surface area contributed by atoms with Gasteiger partial charge in [-0.1, -0.05) is 18.2 Å². The second-order valence-electron chi connectivity index (χ2n) is 7.54. The molecule has 6 heteroatoms. The second kappa shape index (κ2) is 7.59. The van der Waals surface area contributed by atoms with Crippen molar-refractivity contribution in [1.29, 1.82) is 0 Å². The lowest BCUT2D eigenvalue weighted by Crippen LogP contribution is -2.28. The first kappa shape index (κ1) is 19.0. The summed E-state index contributed by atoms with van der Waals surface area (Å²) in [5.41, 5.74) is 4.56. The van der Waals surface area contributed by atoms with Crippen LogP contribution in [0.2, 0.25) is 0 Å². The van der Waals surface area contributed by atoms with E-state index >= 15 is 0 Å². The highest BCUT2D eigenvalue weighted by Gasteiger charge is 2.27. The third kappa shape index (κ3) is 3.65. The fraction of sp³-hybridized carbons (Fsp3) is 0.409. The van der Waals surface area contributed by atoms with Crippen molar-refractivity contribution in [2.24, 2.45) is 0 Å². The number of sulfone groups is 1. The van der Waals surface area contributed by atoms with Crippen molar-refractivity contribution >= 4 is 15.7 Å². The van der Waals surface area contributed by atoms with E-state index in [0.29, 0.717) is 4.90 Å². The molecule has 4 rings (SSSR count). The van der Waals surface area contributed by atoms with Crippen molar-refractivity contribution in [3.8, 4) is 5.75 Å². The van der Waals surface area contributed by atoms with Gasteiger partial charge >= 0.3 is 0 Å². The van der Waals surface area contributed by atoms with Gasteiger partial charge in [0.05, 0.1) is 23.8 Å². The summed E-state index contributed by atoms with van der Waals surface area (Å²) in [5.74, 6) is 0.439. The highest BCUT2D eigenvalue weighted by Crippen LogP contribution is 2.36. The summed E-state index contributed by atoms with van der Waals surface area (Å²) in [6.45, 7) is 0. The molecule has 1 N–H and O–H groups in total. The Kier molecular flexibility index (Phi) is 5.15. The molecule has 0 bridgehead atoms. The lowest BCUT2D eigenvalue weighted by Gasteiger charge is -2.15. The molecule has 2 aliphatic carbocycles. The number of benzene rings is 2. The molecule has 5 nitrogen and oxygen atoms in total. The Hall–Kier alpha value is -2.34. The molecule has 0 saturated carbocycles. The minimum atomic E-state index is -3.46. The van der Waals surface area contributed by atoms with Crippen LogP contribution in [0.3, 0.4) is 0 Å². The number of carbonyl (C=O) groups excluding carboxylic acids is 1. The SMILES string of the molecule is COc1cccc2c1CCC2NC(=O)CCS(=O)(=O)c1ccc2c(c1)CCC2. The molecule has 148 valence electrons. The topological polar surface area (TPSA) is 72.5 Å². The van der Waals surface area contributed by atoms with Gasteiger partial charge in [-0.05, 0) is 72.6 Å². The number of hydrogen-bond acceptors (Lipinski definition) is 4. The van der Waals surface area contributed by atoms with Gasteiger partial charge in [0.1, 0.15) is 5.75 Å². The van der Waals surface area contributed by atoms with Crippen LogP contribution >= 0.6 is 0 Å². The molecule has 0 saturated heterocycles. The largest absolute Gasteiger partial charge is 0.496 e. The molecule has 0 aromatic heterocycles. The zero-order valence-electron chi connectivity index (χ0n) is 16.0. The lowest BCUT2D eigenvalue weighted by atomic mass is 10.1. The highest BCUT2D eigenvalue weighted by atomic mass is 32.2. The van der Waals surface area contributed by atoms with Gasteiger partial charge in [-0.2, -0.15) is 0 Å². The molecule has 0 fully saturated rings. The molecule has 0 heterocycles. The summed E-state index contributed by atoms with van der Waals surface area (Å²) in [6, 6.07) is 11.1. The van der Waals surface area contributed by atoms with Crippen LogP contribution in [-0.4, -0.2) is 27.2 Å². The van der Waals surface area contributed by atoms with Crippen molar-refractivity contribution in [1.82, 2.24) is 5.32 Å². The number of hydrogen-bond donors (Lipinski definition) is 1. The minimum absolute atomic E-state index is 0.0325. The van der Waals surface area contributed by atoms with Crippen LogP contribution in [0.15, 0.2) is 41.3 Å². The first-order valence-electron chi connectivity index (χ1n) is 9.77. The van der Waals surface area contributed by atoms with Crippen molar-refractivity contribution in [3.63, 3.8) is 0 Å². The quantitative estimate of drug-likeness (QED) is 0.810. The van der Waals surface area contributed by atoms with Gasteiger partial charge in [-0.3, -0.25) is 4.79 Å². The van der Waals surface area contributed by atoms with Crippen molar-refractivity contribution in [2.45, 2.75) is 49.5 Å². The van der Waals surface area contributed by atoms with E-state index in [1.165, 1.54) is 5.56 Å². The zero-order valence-corrected chi connectivity index (χ0v) is 16.8. The smallest absolute Gasteiger partial charge is 0.221 e. The molecule has 0 radical (unpaired) electrons. The Balaban J connectivity index is 1.39. The Bertz CT molecular complexity index is 1010. The van der Waals surface area contributed by atoms with Gasteiger partial charge in [0.2, 0.25) is 5.91 Å². The summed E-state index contributed by atoms with van der Waals surface area (Å²) < 4.78 is 30.7. The molecule has 2 aromatic rings. The number of nitrogens with one attached hydrogen (secondary N) is 1. The molecule has 1 amide bonds. The van der Waals surface area contributed by atoms with E-state index in [1.54, 1.807) is 19.2 Å². The highest BCUT2D eigenvalue weighted by molar-refractivity contribution is 7.91. The number of rotatable bonds is 6. The zero-order chi connectivity index (χ0) is 19.7. The Morgan fingerprint density at radius 1 is 1.14 bits per heavy atom. The summed E-state index contributed by atoms with van der Waals surface area (Å²) in [4.78, 5) is 12.8. The van der Waals surface area contributed by atoms with E-state index in [-0.39, 0.29) is 24.1 Å². The van der Waals surface area contributed by atoms with Gasteiger partial charge in [0.15, 0.2) is 9.84 Å². The van der Waals surface area contributed by atoms with Crippen molar-refractivity contribution < 1.29 is 17.9 Å². The number of methoxy groups -OCH3 is 1. The van der Waals surface area contributed by atoms with Crippen LogP contribution in [-0.2, 0) is 33.9 Å². The summed E-state index contributed by atoms with van der Waals surface area (Å²) in [5, 5.41) is 2.99. The maximum Gasteiger partial charge on any atom is 0.221 e. The van der Waals surface area contributed by atoms with Gasteiger partial charge in [-0.15, -0.1) is 0 Å². The molecule has 28 heavy (non-hydrogen) atoms. The number of ether oxygens (including phenoxy) is 1. The molecule has 2 aromatic carbocycles. The van der Waals surface area contributed by atoms with E-state index in [4.69, 9.17) is 4.74 Å². The van der Waals surface area contributed by atoms with Crippen LogP contribution in [0, 0.1) is 0 Å². The third-order valence-corrected chi connectivity index (χ3v) is 7.52. The fourth-order valence-corrected chi connectivity index (χ4v) is 5.60. The molecule has 0 aliphatic heterocycles. The standard InChI is InChI=1S/C22H25NO4S/c1-27-21-7-3-6-18-19(21)10-11-20(18)23-22(24)12-13-28(25,26)17-9-8-15-4-2-5-16(15)14-17/h3,6-9,14,20H,2,4-5,10-13H2,1H3,(H,23,24). The number of fused-ring (bicyclic) bond motifs is 2. The molecular weight excluding hydrogens is 374 g/mol. The van der Waals surface area contributed by atoms with E-state index < -0.39 is 9.84 Å². The van der Waals surface area contributed by atoms with E-state index in [1.807, 2.05) is 24.3 Å². The van der Waals surface area contributed by atoms with E-state index in [0.717, 1.165) is 54.5 Å². The maximum atomic E-state index is 12.7. The predicted octanol–water partition coefficient (Wildman–Crippen LogP) is 3.15. The average Bonchev–Trinajstić information content (AvgIpc) is 3.33. The number of amides is 1. The van der Waals surface area contributed by atoms with Gasteiger partial charge in [0.25, 0.3) is 0 Å². The number of aryl methyl sites for hydroxylation is 2. The number of carbonyl (C=O) groups is 1. The first-order chi connectivity index (χ1) is 13.5. The van der Waals surface area contributed by atoms with Crippen LogP contribution in [0.1, 0.15) is 47.6 Å². The maximum absolute atomic E-state index is 12.7.